The summed E-state index contributed by atoms with van der Waals surface area (Å²) in [5, 5.41) is 53.4. The molecule has 0 fully saturated rings. The van der Waals surface area contributed by atoms with E-state index in [2.05, 4.69) is 5.48 Å². The van der Waals surface area contributed by atoms with Crippen LogP contribution in [-0.4, -0.2) is 87.0 Å². The van der Waals surface area contributed by atoms with Crippen LogP contribution in [0.3, 0.4) is 0 Å². The van der Waals surface area contributed by atoms with Crippen molar-refractivity contribution in [3.8, 4) is 5.75 Å². The molecular formula is C24H27FN2O9. The van der Waals surface area contributed by atoms with Crippen molar-refractivity contribution in [1.82, 2.24) is 10.4 Å². The van der Waals surface area contributed by atoms with Crippen molar-refractivity contribution >= 4 is 17.5 Å². The summed E-state index contributed by atoms with van der Waals surface area (Å²) in [7, 11) is 3.04. The zero-order chi connectivity index (χ0) is 26.5. The number of carbonyl (C=O) groups is 3. The van der Waals surface area contributed by atoms with E-state index in [1.807, 2.05) is 0 Å². The summed E-state index contributed by atoms with van der Waals surface area (Å²) in [4.78, 5) is 44.9. The number of likely N-dealkylation sites (N-methyl/N-ethyl adjacent to an activating group) is 1. The molecule has 4 atom stereocenters. The highest BCUT2D eigenvalue weighted by Gasteiger charge is 2.63. The van der Waals surface area contributed by atoms with Crippen LogP contribution >= 0.6 is 0 Å². The van der Waals surface area contributed by atoms with Gasteiger partial charge < -0.3 is 25.5 Å². The van der Waals surface area contributed by atoms with Crippen LogP contribution in [0.1, 0.15) is 27.9 Å². The number of phenolic OH excluding ortho intramolecular Hbond substituents is 1. The van der Waals surface area contributed by atoms with E-state index in [9.17, 15) is 44.3 Å². The number of aliphatic hydroxyl groups excluding tert-OH is 2. The average molecular weight is 506 g/mol. The van der Waals surface area contributed by atoms with Crippen LogP contribution in [0.4, 0.5) is 4.39 Å². The number of ketones is 2. The normalized spacial score (nSPS) is 27.8. The molecule has 36 heavy (non-hydrogen) atoms. The van der Waals surface area contributed by atoms with Crippen molar-refractivity contribution in [2.75, 3.05) is 27.4 Å². The second-order valence-electron chi connectivity index (χ2n) is 9.36. The van der Waals surface area contributed by atoms with E-state index in [1.165, 1.54) is 25.1 Å². The Kier molecular flexibility index (Phi) is 6.64. The van der Waals surface area contributed by atoms with Crippen LogP contribution in [0, 0.1) is 11.8 Å². The zero-order valence-corrected chi connectivity index (χ0v) is 19.6. The van der Waals surface area contributed by atoms with E-state index in [0.29, 0.717) is 11.1 Å². The molecule has 11 nitrogen and oxygen atoms in total. The molecule has 3 aliphatic carbocycles. The number of nitrogens with one attached hydrogen (secondary N) is 1. The van der Waals surface area contributed by atoms with Crippen LogP contribution in [0.5, 0.6) is 5.75 Å². The van der Waals surface area contributed by atoms with Gasteiger partial charge >= 0.3 is 5.97 Å². The maximum atomic E-state index is 13.5. The number of allylic oxidation sites excluding steroid dienone is 1. The number of halogens is 1. The Morgan fingerprint density at radius 1 is 1.25 bits per heavy atom. The number of hydroxylamine groups is 1. The largest absolute Gasteiger partial charge is 0.510 e. The summed E-state index contributed by atoms with van der Waals surface area (Å²) < 4.78 is 12.3. The Hall–Kier alpha value is -3.32. The van der Waals surface area contributed by atoms with Gasteiger partial charge in [0.15, 0.2) is 11.4 Å². The molecule has 194 valence electrons. The number of alkyl halides is 1. The lowest BCUT2D eigenvalue weighted by Gasteiger charge is -2.50. The summed E-state index contributed by atoms with van der Waals surface area (Å²) in [5.74, 6) is -7.96. The standard InChI is InChI=1S/C24H27FN2O9/c1-27(2)18-13-8-11-7-12-10(9-26-36-6-5-25)3-4-14(28)16(12)19(29)15(11)21(31)24(13,35)22(32)17(20(18)30)23(33)34/h3-4,11,13,18,26,28,30-31,35H,5-9H2,1-2H3,(H,33,34)/t11-,13-,18-,24-/m0/s1. The van der Waals surface area contributed by atoms with Crippen LogP contribution in [-0.2, 0) is 27.4 Å². The molecule has 4 rings (SSSR count). The number of fused-ring (bicyclic) bond motifs is 3. The number of hydrogen-bond donors (Lipinski definition) is 6. The average Bonchev–Trinajstić information content (AvgIpc) is 2.80. The SMILES string of the molecule is CN(C)[C@@H]1C(O)=C(C(=O)O)C(=O)[C@@]2(O)C(O)=C3C(=O)c4c(O)ccc(CNOCCF)c4C[C@H]3C[C@@H]12. The highest BCUT2D eigenvalue weighted by atomic mass is 19.1. The van der Waals surface area contributed by atoms with Crippen molar-refractivity contribution < 1.29 is 49.1 Å². The molecule has 1 aromatic rings. The molecule has 0 unspecified atom stereocenters. The predicted octanol–water partition coefficient (Wildman–Crippen LogP) is 0.711. The summed E-state index contributed by atoms with van der Waals surface area (Å²) >= 11 is 0. The number of aliphatic carboxylic acids is 1. The lowest BCUT2D eigenvalue weighted by molar-refractivity contribution is -0.151. The third kappa shape index (κ3) is 3.68. The van der Waals surface area contributed by atoms with E-state index < -0.39 is 64.8 Å². The number of benzene rings is 1. The fourth-order valence-corrected chi connectivity index (χ4v) is 5.69. The first-order chi connectivity index (χ1) is 17.0. The Balaban J connectivity index is 1.85. The van der Waals surface area contributed by atoms with E-state index >= 15 is 0 Å². The van der Waals surface area contributed by atoms with Crippen molar-refractivity contribution in [2.45, 2.75) is 31.0 Å². The second kappa shape index (κ2) is 9.28. The number of carboxylic acids is 1. The van der Waals surface area contributed by atoms with Gasteiger partial charge in [0.25, 0.3) is 0 Å². The third-order valence-corrected chi connectivity index (χ3v) is 7.21. The maximum Gasteiger partial charge on any atom is 0.342 e. The molecule has 0 bridgehead atoms. The van der Waals surface area contributed by atoms with Gasteiger partial charge in [-0.2, -0.15) is 5.48 Å². The summed E-state index contributed by atoms with van der Waals surface area (Å²) in [5.41, 5.74) is -0.609. The summed E-state index contributed by atoms with van der Waals surface area (Å²) in [6, 6.07) is 1.71. The molecule has 12 heteroatoms. The molecule has 0 radical (unpaired) electrons. The quantitative estimate of drug-likeness (QED) is 0.174. The van der Waals surface area contributed by atoms with Gasteiger partial charge in [-0.15, -0.1) is 0 Å². The van der Waals surface area contributed by atoms with Gasteiger partial charge in [-0.05, 0) is 50.0 Å². The minimum Gasteiger partial charge on any atom is -0.510 e. The van der Waals surface area contributed by atoms with Crippen LogP contribution in [0.25, 0.3) is 0 Å². The molecule has 0 spiro atoms. The minimum atomic E-state index is -2.76. The monoisotopic (exact) mass is 506 g/mol. The highest BCUT2D eigenvalue weighted by Crippen LogP contribution is 2.52. The number of rotatable bonds is 7. The van der Waals surface area contributed by atoms with Crippen molar-refractivity contribution in [3.05, 3.63) is 51.5 Å². The minimum absolute atomic E-state index is 0.0481. The van der Waals surface area contributed by atoms with Crippen LogP contribution < -0.4 is 5.48 Å². The molecule has 0 aliphatic heterocycles. The Bertz CT molecular complexity index is 1210. The molecule has 0 aromatic heterocycles. The summed E-state index contributed by atoms with van der Waals surface area (Å²) in [6.45, 7) is -0.793. The van der Waals surface area contributed by atoms with Crippen LogP contribution in [0.2, 0.25) is 0 Å². The van der Waals surface area contributed by atoms with E-state index in [1.54, 1.807) is 6.07 Å². The van der Waals surface area contributed by atoms with Gasteiger partial charge in [0, 0.05) is 18.0 Å². The molecule has 0 amide bonds. The van der Waals surface area contributed by atoms with Gasteiger partial charge in [0.2, 0.25) is 5.78 Å². The van der Waals surface area contributed by atoms with E-state index in [0.717, 1.165) is 0 Å². The molecule has 0 heterocycles. The number of phenols is 1. The second-order valence-corrected chi connectivity index (χ2v) is 9.36. The lowest BCUT2D eigenvalue weighted by atomic mass is 9.58. The Labute approximate surface area is 205 Å². The van der Waals surface area contributed by atoms with Gasteiger partial charge in [0.05, 0.1) is 18.2 Å². The number of aromatic hydroxyl groups is 1. The van der Waals surface area contributed by atoms with E-state index in [-0.39, 0.29) is 42.9 Å². The van der Waals surface area contributed by atoms with Crippen molar-refractivity contribution in [3.63, 3.8) is 0 Å². The van der Waals surface area contributed by atoms with E-state index in [4.69, 9.17) is 4.84 Å². The molecule has 6 N–H and O–H groups in total. The predicted molar refractivity (Wildman–Crippen MR) is 121 cm³/mol. The Morgan fingerprint density at radius 3 is 2.56 bits per heavy atom. The molecule has 0 saturated carbocycles. The van der Waals surface area contributed by atoms with Crippen molar-refractivity contribution in [2.24, 2.45) is 11.8 Å². The van der Waals surface area contributed by atoms with Gasteiger partial charge in [-0.3, -0.25) is 19.3 Å². The maximum absolute atomic E-state index is 13.5. The first-order valence-corrected chi connectivity index (χ1v) is 11.3. The lowest BCUT2D eigenvalue weighted by Crippen LogP contribution is -2.63. The molecular weight excluding hydrogens is 479 g/mol. The first-order valence-electron chi connectivity index (χ1n) is 11.3. The smallest absolute Gasteiger partial charge is 0.342 e. The fraction of sp³-hybridized carbons (Fsp3) is 0.458. The Morgan fingerprint density at radius 2 is 1.94 bits per heavy atom. The number of nitrogens with zero attached hydrogens (tertiary/aromatic N) is 1. The van der Waals surface area contributed by atoms with Gasteiger partial charge in [0.1, 0.15) is 29.5 Å². The molecule has 0 saturated heterocycles. The fourth-order valence-electron chi connectivity index (χ4n) is 5.69. The number of aliphatic hydroxyl groups is 3. The van der Waals surface area contributed by atoms with Crippen molar-refractivity contribution in [1.29, 1.82) is 0 Å². The number of Topliss-reactive ketones (excluding diaryl/α,β-unsaturated/α-hetero) is 2. The number of carboxylic acid groups (broad SMARTS) is 1. The zero-order valence-electron chi connectivity index (χ0n) is 19.6. The number of hydrogen-bond acceptors (Lipinski definition) is 10. The third-order valence-electron chi connectivity index (χ3n) is 7.21. The van der Waals surface area contributed by atoms with Gasteiger partial charge in [-0.1, -0.05) is 6.07 Å². The van der Waals surface area contributed by atoms with Gasteiger partial charge in [-0.25, -0.2) is 9.18 Å². The molecule has 3 aliphatic rings. The first kappa shape index (κ1) is 25.8. The number of carbonyl (C=O) groups excluding carboxylic acids is 2. The highest BCUT2D eigenvalue weighted by molar-refractivity contribution is 6.23. The molecule has 1 aromatic carbocycles. The topological polar surface area (TPSA) is 177 Å². The summed E-state index contributed by atoms with van der Waals surface area (Å²) in [6.07, 6.45) is 0.0830. The van der Waals surface area contributed by atoms with Crippen LogP contribution in [0.15, 0.2) is 34.8 Å².